The highest BCUT2D eigenvalue weighted by Crippen LogP contribution is 2.26. The van der Waals surface area contributed by atoms with Crippen LogP contribution in [-0.4, -0.2) is 17.6 Å². The number of rotatable bonds is 3. The van der Waals surface area contributed by atoms with Gasteiger partial charge < -0.3 is 14.8 Å². The Labute approximate surface area is 130 Å². The highest BCUT2D eigenvalue weighted by atomic mass is 16.3. The van der Waals surface area contributed by atoms with Crippen molar-refractivity contribution in [3.63, 3.8) is 0 Å². The van der Waals surface area contributed by atoms with E-state index in [2.05, 4.69) is 17.2 Å². The molecule has 1 aromatic heterocycles. The van der Waals surface area contributed by atoms with Gasteiger partial charge in [-0.1, -0.05) is 24.1 Å². The number of amides is 1. The van der Waals surface area contributed by atoms with E-state index in [1.165, 1.54) is 0 Å². The lowest BCUT2D eigenvalue weighted by Crippen LogP contribution is -2.38. The highest BCUT2D eigenvalue weighted by Gasteiger charge is 2.27. The summed E-state index contributed by atoms with van der Waals surface area (Å²) in [6.45, 7) is 5.30. The summed E-state index contributed by atoms with van der Waals surface area (Å²) in [5.41, 5.74) is 0.235. The standard InChI is InChI=1S/C18H19NO3/c1-13-11-16(14(2)22-13)18(3,21)12-19-17(20)10-9-15-7-5-4-6-8-15/h4-8,11,21H,12H2,1-3H3,(H,19,20). The van der Waals surface area contributed by atoms with Gasteiger partial charge in [-0.05, 0) is 39.0 Å². The molecule has 1 amide bonds. The Bertz CT molecular complexity index is 718. The van der Waals surface area contributed by atoms with Crippen molar-refractivity contribution in [1.29, 1.82) is 0 Å². The SMILES string of the molecule is Cc1cc(C(C)(O)CNC(=O)C#Cc2ccccc2)c(C)o1. The molecule has 22 heavy (non-hydrogen) atoms. The Kier molecular flexibility index (Phi) is 4.69. The van der Waals surface area contributed by atoms with Crippen LogP contribution in [0.1, 0.15) is 29.6 Å². The second-order valence-electron chi connectivity index (χ2n) is 5.40. The summed E-state index contributed by atoms with van der Waals surface area (Å²) in [5, 5.41) is 13.1. The van der Waals surface area contributed by atoms with Gasteiger partial charge in [-0.25, -0.2) is 0 Å². The third-order valence-corrected chi connectivity index (χ3v) is 3.31. The minimum absolute atomic E-state index is 0.0646. The lowest BCUT2D eigenvalue weighted by molar-refractivity contribution is -0.116. The zero-order chi connectivity index (χ0) is 16.2. The first-order chi connectivity index (χ1) is 10.4. The van der Waals surface area contributed by atoms with Crippen LogP contribution in [0, 0.1) is 25.7 Å². The molecule has 0 bridgehead atoms. The van der Waals surface area contributed by atoms with Gasteiger partial charge >= 0.3 is 0 Å². The Morgan fingerprint density at radius 2 is 2.00 bits per heavy atom. The summed E-state index contributed by atoms with van der Waals surface area (Å²) >= 11 is 0. The van der Waals surface area contributed by atoms with Crippen molar-refractivity contribution in [3.05, 3.63) is 59.0 Å². The van der Waals surface area contributed by atoms with Crippen LogP contribution in [0.15, 0.2) is 40.8 Å². The van der Waals surface area contributed by atoms with Gasteiger partial charge in [0.05, 0.1) is 6.54 Å². The van der Waals surface area contributed by atoms with Crippen molar-refractivity contribution in [2.45, 2.75) is 26.4 Å². The van der Waals surface area contributed by atoms with Crippen molar-refractivity contribution in [3.8, 4) is 11.8 Å². The monoisotopic (exact) mass is 297 g/mol. The number of benzene rings is 1. The van der Waals surface area contributed by atoms with Crippen LogP contribution in [0.4, 0.5) is 0 Å². The number of aliphatic hydroxyl groups is 1. The summed E-state index contributed by atoms with van der Waals surface area (Å²) in [6, 6.07) is 11.0. The lowest BCUT2D eigenvalue weighted by atomic mass is 9.96. The molecule has 2 rings (SSSR count). The molecule has 0 radical (unpaired) electrons. The Morgan fingerprint density at radius 3 is 2.59 bits per heavy atom. The van der Waals surface area contributed by atoms with Gasteiger partial charge in [-0.3, -0.25) is 4.79 Å². The first-order valence-corrected chi connectivity index (χ1v) is 7.03. The molecule has 0 saturated carbocycles. The van der Waals surface area contributed by atoms with E-state index in [1.807, 2.05) is 37.3 Å². The van der Waals surface area contributed by atoms with Crippen molar-refractivity contribution in [2.75, 3.05) is 6.54 Å². The molecule has 2 N–H and O–H groups in total. The molecule has 0 aliphatic heterocycles. The van der Waals surface area contributed by atoms with Crippen molar-refractivity contribution < 1.29 is 14.3 Å². The Balaban J connectivity index is 1.99. The molecule has 4 nitrogen and oxygen atoms in total. The van der Waals surface area contributed by atoms with Crippen LogP contribution in [0.25, 0.3) is 0 Å². The maximum Gasteiger partial charge on any atom is 0.296 e. The van der Waals surface area contributed by atoms with E-state index in [1.54, 1.807) is 19.9 Å². The van der Waals surface area contributed by atoms with Gasteiger partial charge in [-0.15, -0.1) is 0 Å². The van der Waals surface area contributed by atoms with E-state index < -0.39 is 11.5 Å². The maximum absolute atomic E-state index is 11.8. The molecule has 1 unspecified atom stereocenters. The average Bonchev–Trinajstić information content (AvgIpc) is 2.84. The summed E-state index contributed by atoms with van der Waals surface area (Å²) < 4.78 is 5.41. The molecular weight excluding hydrogens is 278 g/mol. The van der Waals surface area contributed by atoms with Crippen molar-refractivity contribution in [2.24, 2.45) is 0 Å². The van der Waals surface area contributed by atoms with Crippen LogP contribution >= 0.6 is 0 Å². The number of aryl methyl sites for hydroxylation is 2. The van der Waals surface area contributed by atoms with E-state index in [-0.39, 0.29) is 6.54 Å². The van der Waals surface area contributed by atoms with Crippen LogP contribution < -0.4 is 5.32 Å². The fourth-order valence-corrected chi connectivity index (χ4v) is 2.21. The summed E-state index contributed by atoms with van der Waals surface area (Å²) in [6.07, 6.45) is 0. The zero-order valence-corrected chi connectivity index (χ0v) is 12.9. The molecule has 0 aliphatic carbocycles. The van der Waals surface area contributed by atoms with Gasteiger partial charge in [0.1, 0.15) is 17.1 Å². The summed E-state index contributed by atoms with van der Waals surface area (Å²) in [7, 11) is 0. The van der Waals surface area contributed by atoms with Crippen LogP contribution in [0.5, 0.6) is 0 Å². The van der Waals surface area contributed by atoms with E-state index >= 15 is 0 Å². The predicted octanol–water partition coefficient (Wildman–Crippen LogP) is 2.27. The van der Waals surface area contributed by atoms with Crippen LogP contribution in [0.3, 0.4) is 0 Å². The van der Waals surface area contributed by atoms with Gasteiger partial charge in [0, 0.05) is 17.0 Å². The van der Waals surface area contributed by atoms with E-state index in [4.69, 9.17) is 4.42 Å². The van der Waals surface area contributed by atoms with Crippen LogP contribution in [-0.2, 0) is 10.4 Å². The number of carbonyl (C=O) groups is 1. The minimum Gasteiger partial charge on any atom is -0.466 e. The first-order valence-electron chi connectivity index (χ1n) is 7.03. The number of hydrogen-bond acceptors (Lipinski definition) is 3. The quantitative estimate of drug-likeness (QED) is 0.854. The highest BCUT2D eigenvalue weighted by molar-refractivity contribution is 5.94. The molecule has 1 atom stereocenters. The molecule has 1 heterocycles. The van der Waals surface area contributed by atoms with Gasteiger partial charge in [0.25, 0.3) is 5.91 Å². The fourth-order valence-electron chi connectivity index (χ4n) is 2.21. The molecule has 0 saturated heterocycles. The average molecular weight is 297 g/mol. The Hall–Kier alpha value is -2.51. The third-order valence-electron chi connectivity index (χ3n) is 3.31. The van der Waals surface area contributed by atoms with Crippen molar-refractivity contribution >= 4 is 5.91 Å². The fraction of sp³-hybridized carbons (Fsp3) is 0.278. The molecular formula is C18H19NO3. The predicted molar refractivity (Wildman–Crippen MR) is 84.1 cm³/mol. The molecule has 0 spiro atoms. The number of carbonyl (C=O) groups excluding carboxylic acids is 1. The minimum atomic E-state index is -1.20. The molecule has 0 fully saturated rings. The zero-order valence-electron chi connectivity index (χ0n) is 12.9. The van der Waals surface area contributed by atoms with Gasteiger partial charge in [0.15, 0.2) is 0 Å². The lowest BCUT2D eigenvalue weighted by Gasteiger charge is -2.22. The number of furan rings is 1. The summed E-state index contributed by atoms with van der Waals surface area (Å²) in [5.74, 6) is 6.22. The maximum atomic E-state index is 11.8. The topological polar surface area (TPSA) is 62.5 Å². The first kappa shape index (κ1) is 15.9. The normalized spacial score (nSPS) is 12.9. The Morgan fingerprint density at radius 1 is 1.32 bits per heavy atom. The van der Waals surface area contributed by atoms with Crippen LogP contribution in [0.2, 0.25) is 0 Å². The third kappa shape index (κ3) is 4.00. The van der Waals surface area contributed by atoms with E-state index in [0.717, 1.165) is 11.3 Å². The molecule has 114 valence electrons. The van der Waals surface area contributed by atoms with E-state index in [9.17, 15) is 9.90 Å². The molecule has 0 aliphatic rings. The summed E-state index contributed by atoms with van der Waals surface area (Å²) in [4.78, 5) is 11.8. The second kappa shape index (κ2) is 6.50. The molecule has 2 aromatic rings. The molecule has 1 aromatic carbocycles. The largest absolute Gasteiger partial charge is 0.466 e. The number of hydrogen-bond donors (Lipinski definition) is 2. The van der Waals surface area contributed by atoms with Gasteiger partial charge in [-0.2, -0.15) is 0 Å². The number of nitrogens with one attached hydrogen (secondary N) is 1. The van der Waals surface area contributed by atoms with E-state index in [0.29, 0.717) is 11.3 Å². The second-order valence-corrected chi connectivity index (χ2v) is 5.40. The van der Waals surface area contributed by atoms with Crippen molar-refractivity contribution in [1.82, 2.24) is 5.32 Å². The smallest absolute Gasteiger partial charge is 0.296 e. The van der Waals surface area contributed by atoms with Gasteiger partial charge in [0.2, 0.25) is 0 Å². The molecule has 4 heteroatoms.